The Morgan fingerprint density at radius 3 is 2.31 bits per heavy atom. The lowest BCUT2D eigenvalue weighted by Crippen LogP contribution is -2.80. The molecule has 0 aromatic heterocycles. The van der Waals surface area contributed by atoms with E-state index in [1.807, 2.05) is 0 Å². The topological polar surface area (TPSA) is 194 Å². The van der Waals surface area contributed by atoms with E-state index in [-0.39, 0.29) is 17.1 Å². The van der Waals surface area contributed by atoms with Crippen molar-refractivity contribution in [1.82, 2.24) is 15.5 Å². The van der Waals surface area contributed by atoms with Gasteiger partial charge in [-0.15, -0.1) is 11.8 Å². The fourth-order valence-corrected chi connectivity index (χ4v) is 5.78. The summed E-state index contributed by atoms with van der Waals surface area (Å²) in [6, 6.07) is 1.46. The highest BCUT2D eigenvalue weighted by Crippen LogP contribution is 2.55. The fraction of sp³-hybridized carbons (Fsp3) is 0.429. The quantitative estimate of drug-likeness (QED) is 0.149. The van der Waals surface area contributed by atoms with E-state index >= 15 is 0 Å². The fourth-order valence-electron chi connectivity index (χ4n) is 4.07. The maximum atomic E-state index is 13.2. The Labute approximate surface area is 203 Å². The molecule has 2 aliphatic heterocycles. The Balaban J connectivity index is 1.93. The number of hydrogen-bond acceptors (Lipinski definition) is 10. The van der Waals surface area contributed by atoms with E-state index in [0.717, 1.165) is 30.5 Å². The Morgan fingerprint density at radius 1 is 1.17 bits per heavy atom. The minimum atomic E-state index is -2.16. The molecule has 1 aromatic carbocycles. The van der Waals surface area contributed by atoms with Crippen molar-refractivity contribution in [2.75, 3.05) is 0 Å². The van der Waals surface area contributed by atoms with E-state index in [4.69, 9.17) is 15.2 Å². The van der Waals surface area contributed by atoms with Crippen LogP contribution in [0.2, 0.25) is 0 Å². The number of carboxylic acids is 1. The summed E-state index contributed by atoms with van der Waals surface area (Å²) in [5.74, 6) is -4.73. The van der Waals surface area contributed by atoms with Gasteiger partial charge in [-0.3, -0.25) is 28.9 Å². The molecular weight excluding hydrogens is 484 g/mol. The van der Waals surface area contributed by atoms with Gasteiger partial charge >= 0.3 is 17.9 Å². The van der Waals surface area contributed by atoms with Gasteiger partial charge in [0.15, 0.2) is 11.5 Å². The Hall–Kier alpha value is -3.65. The SMILES string of the molecule is CC(=O)Oc1ccc(C(N)C(=O)N[C@@]2(C(=O)O)N3C(=O)[C@@H](NC=O)[C@H]3SC2(C)C)cc1OC(C)=O. The molecule has 0 bridgehead atoms. The van der Waals surface area contributed by atoms with Crippen LogP contribution in [-0.4, -0.2) is 68.0 Å². The van der Waals surface area contributed by atoms with Crippen LogP contribution in [0.5, 0.6) is 11.5 Å². The predicted molar refractivity (Wildman–Crippen MR) is 120 cm³/mol. The van der Waals surface area contributed by atoms with Gasteiger partial charge in [-0.05, 0) is 31.5 Å². The number of nitrogens with zero attached hydrogens (tertiary/aromatic N) is 1. The third-order valence-electron chi connectivity index (χ3n) is 5.67. The molecule has 1 aromatic rings. The highest BCUT2D eigenvalue weighted by Gasteiger charge is 2.73. The number of β-lactam (4-membered cyclic amide) rings is 1. The maximum Gasteiger partial charge on any atom is 0.352 e. The molecule has 13 nitrogen and oxygen atoms in total. The zero-order valence-corrected chi connectivity index (χ0v) is 20.0. The first kappa shape index (κ1) is 26.0. The summed E-state index contributed by atoms with van der Waals surface area (Å²) < 4.78 is 8.82. The van der Waals surface area contributed by atoms with Gasteiger partial charge in [-0.1, -0.05) is 6.07 Å². The highest BCUT2D eigenvalue weighted by molar-refractivity contribution is 8.01. The minimum Gasteiger partial charge on any atom is -0.478 e. The Bertz CT molecular complexity index is 1120. The second-order valence-corrected chi connectivity index (χ2v) is 10.1. The monoisotopic (exact) mass is 508 g/mol. The second-order valence-electron chi connectivity index (χ2n) is 8.37. The molecule has 14 heteroatoms. The summed E-state index contributed by atoms with van der Waals surface area (Å²) in [7, 11) is 0. The standard InChI is InChI=1S/C21H24N4O9S/c1-9(27)33-12-6-5-11(7-13(12)34-10(2)28)14(22)16(29)24-21(19(31)32)20(3,4)35-18-15(23-8-26)17(30)25(18)21/h5-8,14-15,18H,22H2,1-4H3,(H,23,26)(H,24,29)(H,31,32)/t14?,15-,18-,21+/m1/s1. The predicted octanol–water partition coefficient (Wildman–Crippen LogP) is -0.758. The number of nitrogens with one attached hydrogen (secondary N) is 2. The van der Waals surface area contributed by atoms with Gasteiger partial charge in [0.2, 0.25) is 18.0 Å². The first-order valence-corrected chi connectivity index (χ1v) is 11.2. The third kappa shape index (κ3) is 4.30. The first-order chi connectivity index (χ1) is 16.3. The Morgan fingerprint density at radius 2 is 1.77 bits per heavy atom. The lowest BCUT2D eigenvalue weighted by Gasteiger charge is -2.49. The van der Waals surface area contributed by atoms with Crippen molar-refractivity contribution >= 4 is 47.9 Å². The number of fused-ring (bicyclic) bond motifs is 1. The van der Waals surface area contributed by atoms with Crippen LogP contribution in [0.3, 0.4) is 0 Å². The zero-order chi connectivity index (χ0) is 26.3. The largest absolute Gasteiger partial charge is 0.478 e. The van der Waals surface area contributed by atoms with Crippen LogP contribution >= 0.6 is 11.8 Å². The minimum absolute atomic E-state index is 0.0814. The number of nitrogens with two attached hydrogens (primary N) is 1. The van der Waals surface area contributed by atoms with Gasteiger partial charge < -0.3 is 30.9 Å². The third-order valence-corrected chi connectivity index (χ3v) is 7.28. The molecule has 0 spiro atoms. The van der Waals surface area contributed by atoms with Gasteiger partial charge in [0, 0.05) is 13.8 Å². The normalized spacial score (nSPS) is 24.9. The van der Waals surface area contributed by atoms with Crippen LogP contribution in [-0.2, 0) is 28.8 Å². The van der Waals surface area contributed by atoms with Crippen LogP contribution in [0, 0.1) is 0 Å². The van der Waals surface area contributed by atoms with Crippen LogP contribution in [0.15, 0.2) is 18.2 Å². The molecule has 4 atom stereocenters. The van der Waals surface area contributed by atoms with E-state index in [1.54, 1.807) is 13.8 Å². The molecule has 0 aliphatic carbocycles. The summed E-state index contributed by atoms with van der Waals surface area (Å²) >= 11 is 1.11. The van der Waals surface area contributed by atoms with Gasteiger partial charge in [-0.2, -0.15) is 0 Å². The number of carbonyl (C=O) groups excluding carboxylic acids is 5. The van der Waals surface area contributed by atoms with Crippen molar-refractivity contribution in [3.8, 4) is 11.5 Å². The smallest absolute Gasteiger partial charge is 0.352 e. The van der Waals surface area contributed by atoms with E-state index in [0.29, 0.717) is 6.41 Å². The van der Waals surface area contributed by atoms with Gasteiger partial charge in [0.1, 0.15) is 17.5 Å². The van der Waals surface area contributed by atoms with Gasteiger partial charge in [0.05, 0.1) is 4.75 Å². The number of carboxylic acid groups (broad SMARTS) is 1. The van der Waals surface area contributed by atoms with Crippen LogP contribution in [0.25, 0.3) is 0 Å². The van der Waals surface area contributed by atoms with E-state index in [9.17, 15) is 33.9 Å². The molecule has 2 saturated heterocycles. The van der Waals surface area contributed by atoms with Crippen molar-refractivity contribution in [1.29, 1.82) is 0 Å². The zero-order valence-electron chi connectivity index (χ0n) is 19.2. The van der Waals surface area contributed by atoms with E-state index in [1.165, 1.54) is 18.2 Å². The lowest BCUT2D eigenvalue weighted by atomic mass is 9.88. The van der Waals surface area contributed by atoms with Gasteiger partial charge in [0.25, 0.3) is 5.91 Å². The Kier molecular flexibility index (Phi) is 6.81. The highest BCUT2D eigenvalue weighted by atomic mass is 32.2. The van der Waals surface area contributed by atoms with Crippen molar-refractivity contribution in [2.45, 2.75) is 55.6 Å². The summed E-state index contributed by atoms with van der Waals surface area (Å²) in [5.41, 5.74) is 4.06. The van der Waals surface area contributed by atoms with Crippen LogP contribution < -0.4 is 25.8 Å². The van der Waals surface area contributed by atoms with Gasteiger partial charge in [-0.25, -0.2) is 4.79 Å². The molecule has 0 radical (unpaired) electrons. The molecular formula is C21H24N4O9S. The molecule has 5 N–H and O–H groups in total. The number of benzene rings is 1. The molecule has 35 heavy (non-hydrogen) atoms. The second kappa shape index (κ2) is 9.19. The molecule has 2 fully saturated rings. The van der Waals surface area contributed by atoms with Crippen molar-refractivity contribution < 1.29 is 43.3 Å². The molecule has 188 valence electrons. The number of esters is 2. The average Bonchev–Trinajstić information content (AvgIpc) is 2.96. The van der Waals surface area contributed by atoms with Crippen molar-refractivity contribution in [3.63, 3.8) is 0 Å². The molecule has 2 heterocycles. The molecule has 1 unspecified atom stereocenters. The number of ether oxygens (including phenoxy) is 2. The summed E-state index contributed by atoms with van der Waals surface area (Å²) in [5, 5.41) is 14.2. The summed E-state index contributed by atoms with van der Waals surface area (Å²) in [6.45, 7) is 5.37. The van der Waals surface area contributed by atoms with Crippen LogP contribution in [0.1, 0.15) is 39.3 Å². The lowest BCUT2D eigenvalue weighted by molar-refractivity contribution is -0.176. The van der Waals surface area contributed by atoms with Crippen LogP contribution in [0.4, 0.5) is 0 Å². The summed E-state index contributed by atoms with van der Waals surface area (Å²) in [4.78, 5) is 73.0. The maximum absolute atomic E-state index is 13.2. The number of rotatable bonds is 8. The number of hydrogen-bond donors (Lipinski definition) is 4. The molecule has 2 aliphatic rings. The molecule has 3 rings (SSSR count). The van der Waals surface area contributed by atoms with E-state index < -0.39 is 57.6 Å². The van der Waals surface area contributed by atoms with Crippen molar-refractivity contribution in [3.05, 3.63) is 23.8 Å². The first-order valence-electron chi connectivity index (χ1n) is 10.3. The number of amides is 3. The summed E-state index contributed by atoms with van der Waals surface area (Å²) in [6.07, 6.45) is 0.350. The average molecular weight is 509 g/mol. The van der Waals surface area contributed by atoms with E-state index in [2.05, 4.69) is 10.6 Å². The molecule has 0 saturated carbocycles. The number of aliphatic carboxylic acids is 1. The number of carbonyl (C=O) groups is 6. The van der Waals surface area contributed by atoms with Crippen molar-refractivity contribution in [2.24, 2.45) is 5.73 Å². The number of thioether (sulfide) groups is 1. The molecule has 3 amide bonds.